The highest BCUT2D eigenvalue weighted by Gasteiger charge is 2.05. The van der Waals surface area contributed by atoms with Crippen molar-refractivity contribution < 1.29 is 0 Å². The Bertz CT molecular complexity index is 334. The van der Waals surface area contributed by atoms with Crippen molar-refractivity contribution in [2.24, 2.45) is 10.8 Å². The largest absolute Gasteiger partial charge is 0.308 e. The van der Waals surface area contributed by atoms with Crippen LogP contribution in [0.3, 0.4) is 0 Å². The maximum Gasteiger partial charge on any atom is 0.143 e. The van der Waals surface area contributed by atoms with Gasteiger partial charge >= 0.3 is 0 Å². The van der Waals surface area contributed by atoms with E-state index in [1.807, 2.05) is 25.1 Å². The molecule has 0 unspecified atom stereocenters. The zero-order valence-electron chi connectivity index (χ0n) is 7.63. The van der Waals surface area contributed by atoms with E-state index in [-0.39, 0.29) is 0 Å². The quantitative estimate of drug-likeness (QED) is 0.340. The van der Waals surface area contributed by atoms with Gasteiger partial charge in [-0.2, -0.15) is 0 Å². The highest BCUT2D eigenvalue weighted by atomic mass is 79.9. The van der Waals surface area contributed by atoms with Gasteiger partial charge in [0.05, 0.1) is 0 Å². The minimum absolute atomic E-state index is 0.676. The van der Waals surface area contributed by atoms with Crippen LogP contribution in [0.25, 0.3) is 0 Å². The Morgan fingerprint density at radius 3 is 2.77 bits per heavy atom. The summed E-state index contributed by atoms with van der Waals surface area (Å²) in [7, 11) is 1.70. The molecule has 1 aromatic rings. The van der Waals surface area contributed by atoms with E-state index in [1.54, 1.807) is 7.05 Å². The third kappa shape index (κ3) is 2.29. The van der Waals surface area contributed by atoms with Gasteiger partial charge in [0, 0.05) is 17.1 Å². The second kappa shape index (κ2) is 4.39. The average Bonchev–Trinajstić information content (AvgIpc) is 2.13. The highest BCUT2D eigenvalue weighted by molar-refractivity contribution is 9.10. The smallest absolute Gasteiger partial charge is 0.143 e. The number of nitrogens with one attached hydrogen (secondary N) is 1. The molecule has 0 amide bonds. The number of nitrogens with two attached hydrogens (primary N) is 1. The van der Waals surface area contributed by atoms with Crippen LogP contribution in [-0.4, -0.2) is 12.9 Å². The third-order valence-corrected chi connectivity index (χ3v) is 2.43. The molecule has 0 bridgehead atoms. The number of hydrogen-bond donors (Lipinski definition) is 2. The fourth-order valence-corrected chi connectivity index (χ4v) is 1.52. The molecule has 0 aliphatic carbocycles. The summed E-state index contributed by atoms with van der Waals surface area (Å²) in [6.45, 7) is 2.03. The Morgan fingerprint density at radius 2 is 2.23 bits per heavy atom. The number of hydrazine groups is 1. The van der Waals surface area contributed by atoms with Crippen LogP contribution < -0.4 is 11.3 Å². The fourth-order valence-electron chi connectivity index (χ4n) is 1.08. The maximum atomic E-state index is 5.33. The first kappa shape index (κ1) is 10.2. The number of nitrogens with zero attached hydrogens (tertiary/aromatic N) is 1. The standard InChI is InChI=1S/C9H12BrN3/c1-6-3-4-8(10)7(5-6)9(12-2)13-11/h3-5H,11H2,1-2H3,(H,12,13). The molecule has 0 aliphatic rings. The van der Waals surface area contributed by atoms with Crippen LogP contribution in [0.15, 0.2) is 27.7 Å². The zero-order valence-corrected chi connectivity index (χ0v) is 9.22. The summed E-state index contributed by atoms with van der Waals surface area (Å²) in [4.78, 5) is 4.03. The van der Waals surface area contributed by atoms with E-state index < -0.39 is 0 Å². The van der Waals surface area contributed by atoms with Crippen LogP contribution in [0, 0.1) is 6.92 Å². The number of halogens is 1. The molecule has 0 heterocycles. The first-order chi connectivity index (χ1) is 6.19. The van der Waals surface area contributed by atoms with Gasteiger partial charge in [-0.3, -0.25) is 4.99 Å². The third-order valence-electron chi connectivity index (χ3n) is 1.74. The van der Waals surface area contributed by atoms with E-state index in [2.05, 4.69) is 26.3 Å². The molecule has 0 spiro atoms. The SMILES string of the molecule is CN=C(NN)c1cc(C)ccc1Br. The molecule has 3 nitrogen and oxygen atoms in total. The van der Waals surface area contributed by atoms with Crippen LogP contribution in [0.1, 0.15) is 11.1 Å². The predicted octanol–water partition coefficient (Wildman–Crippen LogP) is 1.60. The van der Waals surface area contributed by atoms with Crippen molar-refractivity contribution in [2.75, 3.05) is 7.05 Å². The number of hydrogen-bond acceptors (Lipinski definition) is 2. The summed E-state index contributed by atoms with van der Waals surface area (Å²) < 4.78 is 0.983. The summed E-state index contributed by atoms with van der Waals surface area (Å²) >= 11 is 3.44. The van der Waals surface area contributed by atoms with Crippen molar-refractivity contribution in [1.82, 2.24) is 5.43 Å². The highest BCUT2D eigenvalue weighted by Crippen LogP contribution is 2.17. The lowest BCUT2D eigenvalue weighted by molar-refractivity contribution is 1.02. The molecule has 13 heavy (non-hydrogen) atoms. The summed E-state index contributed by atoms with van der Waals surface area (Å²) in [5.74, 6) is 6.01. The second-order valence-corrected chi connectivity index (χ2v) is 3.55. The Balaban J connectivity index is 3.19. The molecule has 0 atom stereocenters. The van der Waals surface area contributed by atoms with Gasteiger partial charge in [-0.25, -0.2) is 5.84 Å². The van der Waals surface area contributed by atoms with Crippen molar-refractivity contribution in [3.05, 3.63) is 33.8 Å². The topological polar surface area (TPSA) is 50.4 Å². The molecule has 1 rings (SSSR count). The maximum absolute atomic E-state index is 5.33. The van der Waals surface area contributed by atoms with E-state index in [1.165, 1.54) is 5.56 Å². The Hall–Kier alpha value is -0.870. The molecule has 70 valence electrons. The molecule has 1 aromatic carbocycles. The first-order valence-corrected chi connectivity index (χ1v) is 4.68. The van der Waals surface area contributed by atoms with E-state index in [4.69, 9.17) is 5.84 Å². The van der Waals surface area contributed by atoms with Crippen molar-refractivity contribution in [3.63, 3.8) is 0 Å². The lowest BCUT2D eigenvalue weighted by Crippen LogP contribution is -2.31. The molecule has 0 radical (unpaired) electrons. The Labute approximate surface area is 86.1 Å². The summed E-state index contributed by atoms with van der Waals surface area (Å²) in [5.41, 5.74) is 4.71. The number of amidine groups is 1. The van der Waals surface area contributed by atoms with Gasteiger partial charge in [-0.15, -0.1) is 0 Å². The van der Waals surface area contributed by atoms with E-state index in [9.17, 15) is 0 Å². The van der Waals surface area contributed by atoms with Gasteiger partial charge < -0.3 is 5.43 Å². The van der Waals surface area contributed by atoms with Gasteiger partial charge in [-0.05, 0) is 19.1 Å². The summed E-state index contributed by atoms with van der Waals surface area (Å²) in [6, 6.07) is 6.02. The molecular weight excluding hydrogens is 230 g/mol. The van der Waals surface area contributed by atoms with Crippen LogP contribution >= 0.6 is 15.9 Å². The lowest BCUT2D eigenvalue weighted by Gasteiger charge is -2.07. The molecule has 0 fully saturated rings. The van der Waals surface area contributed by atoms with Crippen molar-refractivity contribution in [2.45, 2.75) is 6.92 Å². The van der Waals surface area contributed by atoms with Crippen LogP contribution in [0.4, 0.5) is 0 Å². The number of rotatable bonds is 1. The molecule has 3 N–H and O–H groups in total. The minimum atomic E-state index is 0.676. The van der Waals surface area contributed by atoms with Crippen molar-refractivity contribution in [1.29, 1.82) is 0 Å². The van der Waals surface area contributed by atoms with Gasteiger partial charge in [0.15, 0.2) is 0 Å². The first-order valence-electron chi connectivity index (χ1n) is 3.89. The van der Waals surface area contributed by atoms with Gasteiger partial charge in [0.25, 0.3) is 0 Å². The molecule has 0 saturated carbocycles. The normalized spacial score (nSPS) is 11.5. The fraction of sp³-hybridized carbons (Fsp3) is 0.222. The summed E-state index contributed by atoms with van der Waals surface area (Å²) in [5, 5.41) is 0. The number of benzene rings is 1. The Morgan fingerprint density at radius 1 is 1.54 bits per heavy atom. The molecule has 0 aliphatic heterocycles. The minimum Gasteiger partial charge on any atom is -0.308 e. The molecule has 4 heteroatoms. The van der Waals surface area contributed by atoms with E-state index >= 15 is 0 Å². The van der Waals surface area contributed by atoms with Gasteiger partial charge in [-0.1, -0.05) is 27.6 Å². The number of aryl methyl sites for hydroxylation is 1. The van der Waals surface area contributed by atoms with Crippen LogP contribution in [0.2, 0.25) is 0 Å². The molecule has 0 aromatic heterocycles. The van der Waals surface area contributed by atoms with E-state index in [0.29, 0.717) is 5.84 Å². The lowest BCUT2D eigenvalue weighted by atomic mass is 10.1. The number of aliphatic imine (C=N–C) groups is 1. The predicted molar refractivity (Wildman–Crippen MR) is 58.7 cm³/mol. The van der Waals surface area contributed by atoms with Gasteiger partial charge in [0.2, 0.25) is 0 Å². The van der Waals surface area contributed by atoms with Crippen molar-refractivity contribution in [3.8, 4) is 0 Å². The van der Waals surface area contributed by atoms with Crippen molar-refractivity contribution >= 4 is 21.8 Å². The second-order valence-electron chi connectivity index (χ2n) is 2.70. The molecule has 0 saturated heterocycles. The Kier molecular flexibility index (Phi) is 3.45. The van der Waals surface area contributed by atoms with Crippen LogP contribution in [-0.2, 0) is 0 Å². The summed E-state index contributed by atoms with van der Waals surface area (Å²) in [6.07, 6.45) is 0. The van der Waals surface area contributed by atoms with Gasteiger partial charge in [0.1, 0.15) is 5.84 Å². The monoisotopic (exact) mass is 241 g/mol. The zero-order chi connectivity index (χ0) is 9.84. The molecular formula is C9H12BrN3. The average molecular weight is 242 g/mol. The van der Waals surface area contributed by atoms with E-state index in [0.717, 1.165) is 10.0 Å². The van der Waals surface area contributed by atoms with Crippen LogP contribution in [0.5, 0.6) is 0 Å².